The standard InChI is InChI=1S/C17H21NO3/c19-15(14-9-12-5-1-2-6-13(12)10-14)18-11-17(16(20)21)7-3-4-8-17/h1-2,5-6,14H,3-4,7-11H2,(H,18,19)(H,20,21). The van der Waals surface area contributed by atoms with E-state index < -0.39 is 11.4 Å². The number of hydrogen-bond donors (Lipinski definition) is 2. The second-order valence-electron chi connectivity index (χ2n) is 6.38. The van der Waals surface area contributed by atoms with Crippen molar-refractivity contribution in [1.29, 1.82) is 0 Å². The third kappa shape index (κ3) is 2.67. The van der Waals surface area contributed by atoms with Gasteiger partial charge in [0.25, 0.3) is 0 Å². The monoisotopic (exact) mass is 287 g/mol. The minimum absolute atomic E-state index is 0.00118. The van der Waals surface area contributed by atoms with Crippen LogP contribution in [0.25, 0.3) is 0 Å². The van der Waals surface area contributed by atoms with E-state index in [9.17, 15) is 14.7 Å². The highest BCUT2D eigenvalue weighted by molar-refractivity contribution is 5.82. The first-order chi connectivity index (χ1) is 10.1. The number of benzene rings is 1. The molecule has 0 bridgehead atoms. The summed E-state index contributed by atoms with van der Waals surface area (Å²) in [6.07, 6.45) is 4.76. The molecule has 1 aromatic carbocycles. The average Bonchev–Trinajstić information content (AvgIpc) is 3.12. The lowest BCUT2D eigenvalue weighted by molar-refractivity contribution is -0.148. The van der Waals surface area contributed by atoms with E-state index in [0.29, 0.717) is 12.8 Å². The number of nitrogens with one attached hydrogen (secondary N) is 1. The first-order valence-corrected chi connectivity index (χ1v) is 7.69. The van der Waals surface area contributed by atoms with Gasteiger partial charge >= 0.3 is 5.97 Å². The molecule has 0 aliphatic heterocycles. The molecule has 0 aromatic heterocycles. The molecule has 2 aliphatic rings. The lowest BCUT2D eigenvalue weighted by Crippen LogP contribution is -2.43. The Hall–Kier alpha value is -1.84. The largest absolute Gasteiger partial charge is 0.481 e. The van der Waals surface area contributed by atoms with Crippen LogP contribution in [0.15, 0.2) is 24.3 Å². The smallest absolute Gasteiger partial charge is 0.311 e. The molecule has 112 valence electrons. The van der Waals surface area contributed by atoms with E-state index in [0.717, 1.165) is 25.7 Å². The number of fused-ring (bicyclic) bond motifs is 1. The van der Waals surface area contributed by atoms with E-state index in [1.54, 1.807) is 0 Å². The van der Waals surface area contributed by atoms with Crippen molar-refractivity contribution in [3.8, 4) is 0 Å². The molecule has 0 saturated heterocycles. The quantitative estimate of drug-likeness (QED) is 0.892. The van der Waals surface area contributed by atoms with Gasteiger partial charge in [0.05, 0.1) is 5.41 Å². The number of carboxylic acids is 1. The van der Waals surface area contributed by atoms with Gasteiger partial charge in [0, 0.05) is 12.5 Å². The van der Waals surface area contributed by atoms with Gasteiger partial charge in [-0.2, -0.15) is 0 Å². The molecule has 0 spiro atoms. The first-order valence-electron chi connectivity index (χ1n) is 7.69. The van der Waals surface area contributed by atoms with Crippen molar-refractivity contribution in [2.24, 2.45) is 11.3 Å². The minimum atomic E-state index is -0.769. The van der Waals surface area contributed by atoms with Crippen LogP contribution in [-0.4, -0.2) is 23.5 Å². The second kappa shape index (κ2) is 5.51. The second-order valence-corrected chi connectivity index (χ2v) is 6.38. The Morgan fingerprint density at radius 3 is 2.24 bits per heavy atom. The van der Waals surface area contributed by atoms with Gasteiger partial charge in [-0.25, -0.2) is 0 Å². The number of hydrogen-bond acceptors (Lipinski definition) is 2. The number of aliphatic carboxylic acids is 1. The minimum Gasteiger partial charge on any atom is -0.481 e. The number of carbonyl (C=O) groups excluding carboxylic acids is 1. The van der Waals surface area contributed by atoms with Gasteiger partial charge in [0.1, 0.15) is 0 Å². The van der Waals surface area contributed by atoms with Crippen LogP contribution in [0.1, 0.15) is 36.8 Å². The van der Waals surface area contributed by atoms with Crippen LogP contribution in [0.5, 0.6) is 0 Å². The van der Waals surface area contributed by atoms with Crippen molar-refractivity contribution in [3.05, 3.63) is 35.4 Å². The molecule has 3 rings (SSSR count). The topological polar surface area (TPSA) is 66.4 Å². The zero-order valence-corrected chi connectivity index (χ0v) is 12.1. The summed E-state index contributed by atoms with van der Waals surface area (Å²) < 4.78 is 0. The van der Waals surface area contributed by atoms with Gasteiger partial charge in [-0.3, -0.25) is 9.59 Å². The van der Waals surface area contributed by atoms with Crippen molar-refractivity contribution in [2.45, 2.75) is 38.5 Å². The molecule has 2 aliphatic carbocycles. The highest BCUT2D eigenvalue weighted by Gasteiger charge is 2.42. The average molecular weight is 287 g/mol. The summed E-state index contributed by atoms with van der Waals surface area (Å²) in [6, 6.07) is 8.13. The van der Waals surface area contributed by atoms with E-state index in [-0.39, 0.29) is 18.4 Å². The molecule has 0 unspecified atom stereocenters. The van der Waals surface area contributed by atoms with Gasteiger partial charge in [-0.15, -0.1) is 0 Å². The molecule has 4 heteroatoms. The maximum absolute atomic E-state index is 12.3. The number of rotatable bonds is 4. The molecule has 0 heterocycles. The molecule has 21 heavy (non-hydrogen) atoms. The zero-order chi connectivity index (χ0) is 14.9. The van der Waals surface area contributed by atoms with Crippen LogP contribution in [0, 0.1) is 11.3 Å². The Kier molecular flexibility index (Phi) is 3.70. The molecule has 1 saturated carbocycles. The fraction of sp³-hybridized carbons (Fsp3) is 0.529. The van der Waals surface area contributed by atoms with E-state index in [2.05, 4.69) is 17.4 Å². The Morgan fingerprint density at radius 1 is 1.14 bits per heavy atom. The number of carbonyl (C=O) groups is 2. The summed E-state index contributed by atoms with van der Waals surface area (Å²) >= 11 is 0. The van der Waals surface area contributed by atoms with Gasteiger partial charge in [-0.1, -0.05) is 37.1 Å². The predicted molar refractivity (Wildman–Crippen MR) is 78.9 cm³/mol. The summed E-state index contributed by atoms with van der Waals surface area (Å²) in [5.41, 5.74) is 1.75. The normalized spacial score (nSPS) is 20.2. The molecular weight excluding hydrogens is 266 g/mol. The van der Waals surface area contributed by atoms with Crippen molar-refractivity contribution in [2.75, 3.05) is 6.54 Å². The zero-order valence-electron chi connectivity index (χ0n) is 12.1. The van der Waals surface area contributed by atoms with Crippen molar-refractivity contribution in [1.82, 2.24) is 5.32 Å². The summed E-state index contributed by atoms with van der Waals surface area (Å²) in [5.74, 6) is -0.816. The predicted octanol–water partition coefficient (Wildman–Crippen LogP) is 2.16. The molecule has 1 fully saturated rings. The first kappa shape index (κ1) is 14.1. The van der Waals surface area contributed by atoms with Crippen LogP contribution in [0.3, 0.4) is 0 Å². The summed E-state index contributed by atoms with van der Waals surface area (Å²) in [4.78, 5) is 23.8. The summed E-state index contributed by atoms with van der Waals surface area (Å²) in [6.45, 7) is 0.272. The van der Waals surface area contributed by atoms with Crippen molar-refractivity contribution in [3.63, 3.8) is 0 Å². The number of amides is 1. The molecule has 4 nitrogen and oxygen atoms in total. The van der Waals surface area contributed by atoms with Gasteiger partial charge < -0.3 is 10.4 Å². The molecule has 1 aromatic rings. The molecular formula is C17H21NO3. The van der Waals surface area contributed by atoms with E-state index >= 15 is 0 Å². The lowest BCUT2D eigenvalue weighted by Gasteiger charge is -2.24. The molecule has 1 amide bonds. The molecule has 2 N–H and O–H groups in total. The Labute approximate surface area is 124 Å². The van der Waals surface area contributed by atoms with Gasteiger partial charge in [0.15, 0.2) is 0 Å². The van der Waals surface area contributed by atoms with Crippen LogP contribution < -0.4 is 5.32 Å². The van der Waals surface area contributed by atoms with Crippen LogP contribution in [0.2, 0.25) is 0 Å². The van der Waals surface area contributed by atoms with E-state index in [4.69, 9.17) is 0 Å². The third-order valence-electron chi connectivity index (χ3n) is 5.04. The Morgan fingerprint density at radius 2 is 1.71 bits per heavy atom. The Bertz CT molecular complexity index is 536. The number of carboxylic acid groups (broad SMARTS) is 1. The molecule has 0 atom stereocenters. The summed E-state index contributed by atoms with van der Waals surface area (Å²) in [5, 5.41) is 12.3. The fourth-order valence-corrected chi connectivity index (χ4v) is 3.66. The SMILES string of the molecule is O=C(NCC1(C(=O)O)CCCC1)C1Cc2ccccc2C1. The highest BCUT2D eigenvalue weighted by Crippen LogP contribution is 2.38. The van der Waals surface area contributed by atoms with E-state index in [1.165, 1.54) is 11.1 Å². The van der Waals surface area contributed by atoms with Gasteiger partial charge in [0.2, 0.25) is 5.91 Å². The van der Waals surface area contributed by atoms with E-state index in [1.807, 2.05) is 12.1 Å². The van der Waals surface area contributed by atoms with Crippen LogP contribution in [-0.2, 0) is 22.4 Å². The van der Waals surface area contributed by atoms with Crippen molar-refractivity contribution >= 4 is 11.9 Å². The lowest BCUT2D eigenvalue weighted by atomic mass is 9.86. The highest BCUT2D eigenvalue weighted by atomic mass is 16.4. The van der Waals surface area contributed by atoms with Crippen LogP contribution >= 0.6 is 0 Å². The van der Waals surface area contributed by atoms with Crippen molar-refractivity contribution < 1.29 is 14.7 Å². The third-order valence-corrected chi connectivity index (χ3v) is 5.04. The van der Waals surface area contributed by atoms with Crippen LogP contribution in [0.4, 0.5) is 0 Å². The maximum atomic E-state index is 12.3. The van der Waals surface area contributed by atoms with Gasteiger partial charge in [-0.05, 0) is 36.8 Å². The molecule has 0 radical (unpaired) electrons. The maximum Gasteiger partial charge on any atom is 0.311 e. The Balaban J connectivity index is 1.59. The fourth-order valence-electron chi connectivity index (χ4n) is 3.66. The summed E-state index contributed by atoms with van der Waals surface area (Å²) in [7, 11) is 0.